The third-order valence-corrected chi connectivity index (χ3v) is 8.90. The van der Waals surface area contributed by atoms with Crippen molar-refractivity contribution in [3.8, 4) is 0 Å². The molecule has 3 atom stereocenters. The fourth-order valence-corrected chi connectivity index (χ4v) is 6.55. The lowest BCUT2D eigenvalue weighted by Crippen LogP contribution is -2.64. The number of piperazine rings is 1. The first-order valence-electron chi connectivity index (χ1n) is 15.8. The summed E-state index contributed by atoms with van der Waals surface area (Å²) in [5.74, 6) is -0.238. The third-order valence-electron chi connectivity index (χ3n) is 8.90. The molecule has 0 spiro atoms. The zero-order valence-electron chi connectivity index (χ0n) is 27.3. The molecule has 2 fully saturated rings. The van der Waals surface area contributed by atoms with Crippen LogP contribution in [0.25, 0.3) is 0 Å². The Morgan fingerprint density at radius 2 is 1.80 bits per heavy atom. The van der Waals surface area contributed by atoms with Gasteiger partial charge >= 0.3 is 6.09 Å². The fourth-order valence-electron chi connectivity index (χ4n) is 6.55. The maximum atomic E-state index is 14.2. The van der Waals surface area contributed by atoms with E-state index in [-0.39, 0.29) is 47.9 Å². The fraction of sp³-hybridized carbons (Fsp3) is 0.618. The molecular formula is C34H48FN5O4. The predicted octanol–water partition coefficient (Wildman–Crippen LogP) is 4.47. The van der Waals surface area contributed by atoms with Gasteiger partial charge in [0, 0.05) is 62.5 Å². The molecule has 5 rings (SSSR count). The topological polar surface area (TPSA) is 78.5 Å². The van der Waals surface area contributed by atoms with E-state index in [9.17, 15) is 14.0 Å². The average Bonchev–Trinajstić information content (AvgIpc) is 3.21. The molecule has 2 aromatic rings. The second-order valence-electron chi connectivity index (χ2n) is 14.4. The summed E-state index contributed by atoms with van der Waals surface area (Å²) in [6.07, 6.45) is 2.16. The van der Waals surface area contributed by atoms with Crippen LogP contribution in [0.4, 0.5) is 14.9 Å². The Morgan fingerprint density at radius 1 is 1.07 bits per heavy atom. The Balaban J connectivity index is 1.36. The number of pyridine rings is 1. The van der Waals surface area contributed by atoms with Crippen molar-refractivity contribution in [3.63, 3.8) is 0 Å². The van der Waals surface area contributed by atoms with E-state index in [0.29, 0.717) is 39.3 Å². The van der Waals surface area contributed by atoms with Crippen molar-refractivity contribution >= 4 is 17.7 Å². The monoisotopic (exact) mass is 609 g/mol. The average molecular weight is 610 g/mol. The molecule has 0 aliphatic carbocycles. The van der Waals surface area contributed by atoms with Crippen molar-refractivity contribution in [2.24, 2.45) is 0 Å². The van der Waals surface area contributed by atoms with Crippen LogP contribution in [0.2, 0.25) is 0 Å². The summed E-state index contributed by atoms with van der Waals surface area (Å²) < 4.78 is 24.9. The third kappa shape index (κ3) is 7.41. The molecule has 0 bridgehead atoms. The van der Waals surface area contributed by atoms with E-state index in [4.69, 9.17) is 14.5 Å². The van der Waals surface area contributed by atoms with Crippen LogP contribution in [0.5, 0.6) is 0 Å². The number of halogens is 1. The lowest BCUT2D eigenvalue weighted by Gasteiger charge is -2.47. The highest BCUT2D eigenvalue weighted by Gasteiger charge is 2.43. The molecule has 3 aliphatic rings. The van der Waals surface area contributed by atoms with Crippen LogP contribution in [-0.2, 0) is 26.1 Å². The van der Waals surface area contributed by atoms with Gasteiger partial charge in [-0.1, -0.05) is 26.0 Å². The summed E-state index contributed by atoms with van der Waals surface area (Å²) in [6, 6.07) is 8.66. The van der Waals surface area contributed by atoms with E-state index in [0.717, 1.165) is 35.6 Å². The highest BCUT2D eigenvalue weighted by atomic mass is 19.1. The summed E-state index contributed by atoms with van der Waals surface area (Å²) in [7, 11) is 0. The lowest BCUT2D eigenvalue weighted by molar-refractivity contribution is -0.121. The summed E-state index contributed by atoms with van der Waals surface area (Å²) >= 11 is 0. The molecule has 9 nitrogen and oxygen atoms in total. The van der Waals surface area contributed by atoms with Crippen molar-refractivity contribution < 1.29 is 23.5 Å². The van der Waals surface area contributed by atoms with Crippen molar-refractivity contribution in [2.45, 2.75) is 84.0 Å². The number of carbonyl (C=O) groups is 2. The van der Waals surface area contributed by atoms with E-state index in [1.807, 2.05) is 43.7 Å². The number of nitrogens with zero attached hydrogens (tertiary/aromatic N) is 5. The molecule has 10 heteroatoms. The number of anilines is 1. The van der Waals surface area contributed by atoms with Gasteiger partial charge < -0.3 is 19.3 Å². The molecule has 4 heterocycles. The number of aromatic nitrogens is 1. The first-order chi connectivity index (χ1) is 20.7. The Morgan fingerprint density at radius 3 is 2.48 bits per heavy atom. The molecule has 1 aromatic carbocycles. The molecule has 2 saturated heterocycles. The molecular weight excluding hydrogens is 561 g/mol. The number of benzene rings is 1. The maximum Gasteiger partial charge on any atom is 0.410 e. The molecule has 3 unspecified atom stereocenters. The Bertz CT molecular complexity index is 1340. The van der Waals surface area contributed by atoms with Gasteiger partial charge in [0.15, 0.2) is 0 Å². The molecule has 0 N–H and O–H groups in total. The van der Waals surface area contributed by atoms with Gasteiger partial charge in [0.2, 0.25) is 5.91 Å². The van der Waals surface area contributed by atoms with Crippen molar-refractivity contribution in [1.29, 1.82) is 0 Å². The van der Waals surface area contributed by atoms with Gasteiger partial charge in [0.25, 0.3) is 0 Å². The van der Waals surface area contributed by atoms with Crippen LogP contribution < -0.4 is 4.90 Å². The minimum absolute atomic E-state index is 0.0236. The Hall–Kier alpha value is -3.08. The van der Waals surface area contributed by atoms with Crippen LogP contribution in [0.1, 0.15) is 65.3 Å². The SMILES string of the molecule is CC1COCCN1CC1CN(C(=O)OC(C)(C)C)C(C)CN1CC(=O)N1CC(C)(C)c2ncc(Cc3ccc(F)cc3)cc21. The number of amides is 2. The van der Waals surface area contributed by atoms with E-state index in [1.165, 1.54) is 12.1 Å². The van der Waals surface area contributed by atoms with Gasteiger partial charge in [-0.2, -0.15) is 0 Å². The number of hydrogen-bond acceptors (Lipinski definition) is 7. The summed E-state index contributed by atoms with van der Waals surface area (Å²) in [6.45, 7) is 18.8. The maximum absolute atomic E-state index is 14.2. The van der Waals surface area contributed by atoms with E-state index in [2.05, 4.69) is 36.6 Å². The molecule has 240 valence electrons. The summed E-state index contributed by atoms with van der Waals surface area (Å²) in [5.41, 5.74) is 2.85. The smallest absolute Gasteiger partial charge is 0.410 e. The quantitative estimate of drug-likeness (QED) is 0.479. The highest BCUT2D eigenvalue weighted by molar-refractivity contribution is 5.97. The number of carbonyl (C=O) groups excluding carboxylic acids is 2. The highest BCUT2D eigenvalue weighted by Crippen LogP contribution is 2.40. The Kier molecular flexibility index (Phi) is 9.35. The van der Waals surface area contributed by atoms with Gasteiger partial charge in [0.05, 0.1) is 31.1 Å². The first-order valence-corrected chi connectivity index (χ1v) is 15.8. The summed E-state index contributed by atoms with van der Waals surface area (Å²) in [5, 5.41) is 0. The van der Waals surface area contributed by atoms with Crippen molar-refractivity contribution in [3.05, 3.63) is 59.2 Å². The molecule has 3 aliphatic heterocycles. The second kappa shape index (κ2) is 12.7. The number of rotatable bonds is 6. The van der Waals surface area contributed by atoms with Crippen LogP contribution in [-0.4, -0.2) is 108 Å². The number of fused-ring (bicyclic) bond motifs is 1. The molecule has 44 heavy (non-hydrogen) atoms. The minimum Gasteiger partial charge on any atom is -0.444 e. The van der Waals surface area contributed by atoms with E-state index < -0.39 is 5.60 Å². The zero-order chi connectivity index (χ0) is 31.8. The largest absolute Gasteiger partial charge is 0.444 e. The van der Waals surface area contributed by atoms with Gasteiger partial charge in [0.1, 0.15) is 11.4 Å². The predicted molar refractivity (Wildman–Crippen MR) is 168 cm³/mol. The van der Waals surface area contributed by atoms with E-state index in [1.54, 1.807) is 12.1 Å². The normalized spacial score (nSPS) is 24.3. The molecule has 0 saturated carbocycles. The van der Waals surface area contributed by atoms with E-state index >= 15 is 0 Å². The van der Waals surface area contributed by atoms with Crippen molar-refractivity contribution in [1.82, 2.24) is 19.7 Å². The standard InChI is InChI=1S/C34H48FN5O4/c1-23-17-38(28(18-37-12-13-43-21-24(37)2)19-39(23)32(42)44-33(3,4)5)20-30(41)40-22-34(6,7)31-29(40)15-26(16-36-31)14-25-8-10-27(35)11-9-25/h8-11,15-16,23-24,28H,12-14,17-22H2,1-7H3. The molecule has 0 radical (unpaired) electrons. The second-order valence-corrected chi connectivity index (χ2v) is 14.4. The van der Waals surface area contributed by atoms with Crippen LogP contribution in [0, 0.1) is 5.82 Å². The van der Waals surface area contributed by atoms with Gasteiger partial charge in [-0.3, -0.25) is 19.6 Å². The number of ether oxygens (including phenoxy) is 2. The molecule has 1 aromatic heterocycles. The van der Waals surface area contributed by atoms with Crippen LogP contribution >= 0.6 is 0 Å². The molecule has 2 amide bonds. The minimum atomic E-state index is -0.586. The van der Waals surface area contributed by atoms with Gasteiger partial charge in [-0.05, 0) is 70.4 Å². The van der Waals surface area contributed by atoms with Crippen LogP contribution in [0.15, 0.2) is 36.5 Å². The zero-order valence-corrected chi connectivity index (χ0v) is 27.3. The summed E-state index contributed by atoms with van der Waals surface area (Å²) in [4.78, 5) is 40.5. The van der Waals surface area contributed by atoms with Gasteiger partial charge in [-0.25, -0.2) is 9.18 Å². The number of hydrogen-bond donors (Lipinski definition) is 0. The van der Waals surface area contributed by atoms with Crippen LogP contribution in [0.3, 0.4) is 0 Å². The number of morpholine rings is 1. The van der Waals surface area contributed by atoms with Gasteiger partial charge in [-0.15, -0.1) is 0 Å². The Labute approximate surface area is 261 Å². The van der Waals surface area contributed by atoms with Crippen molar-refractivity contribution in [2.75, 3.05) is 57.4 Å². The first kappa shape index (κ1) is 32.3. The lowest BCUT2D eigenvalue weighted by atomic mass is 9.91.